The number of aliphatic hydroxyl groups is 1. The molecule has 1 atom stereocenters. The Hall–Kier alpha value is -0.0800. The smallest absolute Gasteiger partial charge is 0.0692 e. The highest BCUT2D eigenvalue weighted by atomic mass is 16.5. The first-order valence-electron chi connectivity index (χ1n) is 4.39. The van der Waals surface area contributed by atoms with Crippen molar-refractivity contribution in [1.82, 2.24) is 0 Å². The van der Waals surface area contributed by atoms with E-state index >= 15 is 0 Å². The van der Waals surface area contributed by atoms with Crippen LogP contribution in [0.5, 0.6) is 0 Å². The third-order valence-corrected chi connectivity index (χ3v) is 2.14. The maximum atomic E-state index is 9.18. The summed E-state index contributed by atoms with van der Waals surface area (Å²) in [5.41, 5.74) is -0.103. The first-order valence-corrected chi connectivity index (χ1v) is 4.39. The second kappa shape index (κ2) is 3.75. The molecule has 0 amide bonds. The van der Waals surface area contributed by atoms with Crippen LogP contribution in [0.15, 0.2) is 0 Å². The SMILES string of the molecule is CO[C@@H](C(C)(C)C)C(C)(C)CO. The summed E-state index contributed by atoms with van der Waals surface area (Å²) in [4.78, 5) is 0. The summed E-state index contributed by atoms with van der Waals surface area (Å²) in [7, 11) is 1.70. The third kappa shape index (κ3) is 2.76. The molecule has 1 N–H and O–H groups in total. The molecule has 0 heterocycles. The number of hydrogen-bond donors (Lipinski definition) is 1. The van der Waals surface area contributed by atoms with Crippen molar-refractivity contribution in [2.24, 2.45) is 10.8 Å². The van der Waals surface area contributed by atoms with Gasteiger partial charge in [-0.2, -0.15) is 0 Å². The van der Waals surface area contributed by atoms with E-state index in [4.69, 9.17) is 4.74 Å². The molecule has 0 aromatic heterocycles. The van der Waals surface area contributed by atoms with Crippen LogP contribution in [0.4, 0.5) is 0 Å². The van der Waals surface area contributed by atoms with Crippen molar-refractivity contribution in [2.45, 2.75) is 40.7 Å². The van der Waals surface area contributed by atoms with Gasteiger partial charge in [0.2, 0.25) is 0 Å². The van der Waals surface area contributed by atoms with Crippen LogP contribution in [0.3, 0.4) is 0 Å². The molecule has 0 saturated carbocycles. The number of aliphatic hydroxyl groups excluding tert-OH is 1. The van der Waals surface area contributed by atoms with E-state index < -0.39 is 0 Å². The third-order valence-electron chi connectivity index (χ3n) is 2.14. The monoisotopic (exact) mass is 174 g/mol. The highest BCUT2D eigenvalue weighted by Gasteiger charge is 2.37. The standard InChI is InChI=1S/C10H22O2/c1-9(2,3)8(12-6)10(4,5)7-11/h8,11H,7H2,1-6H3/t8-/m0/s1. The lowest BCUT2D eigenvalue weighted by Crippen LogP contribution is -2.43. The van der Waals surface area contributed by atoms with Crippen LogP contribution in [0.2, 0.25) is 0 Å². The van der Waals surface area contributed by atoms with E-state index in [2.05, 4.69) is 20.8 Å². The second-order valence-electron chi connectivity index (χ2n) is 5.13. The second-order valence-corrected chi connectivity index (χ2v) is 5.13. The summed E-state index contributed by atoms with van der Waals surface area (Å²) in [5.74, 6) is 0. The molecular weight excluding hydrogens is 152 g/mol. The van der Waals surface area contributed by atoms with Gasteiger partial charge in [-0.25, -0.2) is 0 Å². The zero-order chi connectivity index (χ0) is 9.99. The van der Waals surface area contributed by atoms with Crippen molar-refractivity contribution in [3.63, 3.8) is 0 Å². The van der Waals surface area contributed by atoms with E-state index in [1.807, 2.05) is 13.8 Å². The first-order chi connectivity index (χ1) is 5.25. The first kappa shape index (κ1) is 11.9. The molecule has 0 aromatic rings. The molecule has 0 unspecified atom stereocenters. The molecule has 12 heavy (non-hydrogen) atoms. The quantitative estimate of drug-likeness (QED) is 0.709. The summed E-state index contributed by atoms with van der Waals surface area (Å²) in [6.45, 7) is 10.6. The van der Waals surface area contributed by atoms with Crippen LogP contribution < -0.4 is 0 Å². The molecule has 0 aliphatic heterocycles. The van der Waals surface area contributed by atoms with Crippen LogP contribution in [-0.4, -0.2) is 24.9 Å². The van der Waals surface area contributed by atoms with Gasteiger partial charge in [0.05, 0.1) is 12.7 Å². The highest BCUT2D eigenvalue weighted by molar-refractivity contribution is 4.87. The predicted octanol–water partition coefficient (Wildman–Crippen LogP) is 2.07. The fourth-order valence-corrected chi connectivity index (χ4v) is 1.93. The zero-order valence-electron chi connectivity index (χ0n) is 9.14. The van der Waals surface area contributed by atoms with E-state index in [9.17, 15) is 5.11 Å². The number of methoxy groups -OCH3 is 1. The largest absolute Gasteiger partial charge is 0.396 e. The van der Waals surface area contributed by atoms with E-state index in [-0.39, 0.29) is 23.5 Å². The molecule has 0 aliphatic rings. The summed E-state index contributed by atoms with van der Waals surface area (Å²) in [5, 5.41) is 9.18. The number of hydrogen-bond acceptors (Lipinski definition) is 2. The lowest BCUT2D eigenvalue weighted by molar-refractivity contribution is -0.0835. The summed E-state index contributed by atoms with van der Waals surface area (Å²) in [6, 6.07) is 0. The molecule has 0 aromatic carbocycles. The van der Waals surface area contributed by atoms with Crippen molar-refractivity contribution < 1.29 is 9.84 Å². The van der Waals surface area contributed by atoms with Gasteiger partial charge in [-0.05, 0) is 5.41 Å². The Morgan fingerprint density at radius 3 is 1.67 bits per heavy atom. The molecule has 0 fully saturated rings. The van der Waals surface area contributed by atoms with Crippen LogP contribution in [0, 0.1) is 10.8 Å². The summed E-state index contributed by atoms with van der Waals surface area (Å²) < 4.78 is 5.41. The van der Waals surface area contributed by atoms with Crippen LogP contribution in [-0.2, 0) is 4.74 Å². The molecule has 74 valence electrons. The minimum absolute atomic E-state index is 0.0704. The van der Waals surface area contributed by atoms with E-state index in [0.717, 1.165) is 0 Å². The lowest BCUT2D eigenvalue weighted by Gasteiger charge is -2.40. The number of rotatable bonds is 3. The van der Waals surface area contributed by atoms with Crippen LogP contribution in [0.1, 0.15) is 34.6 Å². The van der Waals surface area contributed by atoms with E-state index in [1.165, 1.54) is 0 Å². The lowest BCUT2D eigenvalue weighted by atomic mass is 9.73. The topological polar surface area (TPSA) is 29.5 Å². The van der Waals surface area contributed by atoms with Crippen molar-refractivity contribution in [3.05, 3.63) is 0 Å². The van der Waals surface area contributed by atoms with Gasteiger partial charge >= 0.3 is 0 Å². The van der Waals surface area contributed by atoms with Gasteiger partial charge in [-0.1, -0.05) is 34.6 Å². The molecule has 0 bridgehead atoms. The van der Waals surface area contributed by atoms with Crippen molar-refractivity contribution in [3.8, 4) is 0 Å². The van der Waals surface area contributed by atoms with Gasteiger partial charge in [-0.15, -0.1) is 0 Å². The summed E-state index contributed by atoms with van der Waals surface area (Å²) >= 11 is 0. The van der Waals surface area contributed by atoms with Crippen LogP contribution >= 0.6 is 0 Å². The van der Waals surface area contributed by atoms with Crippen LogP contribution in [0.25, 0.3) is 0 Å². The average Bonchev–Trinajstić information content (AvgIpc) is 1.85. The van der Waals surface area contributed by atoms with Gasteiger partial charge in [0.15, 0.2) is 0 Å². The van der Waals surface area contributed by atoms with Gasteiger partial charge in [0.1, 0.15) is 0 Å². The molecule has 2 heteroatoms. The maximum Gasteiger partial charge on any atom is 0.0692 e. The van der Waals surface area contributed by atoms with Gasteiger partial charge in [-0.3, -0.25) is 0 Å². The number of ether oxygens (including phenoxy) is 1. The zero-order valence-corrected chi connectivity index (χ0v) is 9.14. The molecule has 0 aliphatic carbocycles. The van der Waals surface area contributed by atoms with Gasteiger partial charge < -0.3 is 9.84 Å². The van der Waals surface area contributed by atoms with Crippen molar-refractivity contribution in [1.29, 1.82) is 0 Å². The van der Waals surface area contributed by atoms with E-state index in [1.54, 1.807) is 7.11 Å². The molecular formula is C10H22O2. The molecule has 0 rings (SSSR count). The molecule has 2 nitrogen and oxygen atoms in total. The fraction of sp³-hybridized carbons (Fsp3) is 1.00. The van der Waals surface area contributed by atoms with Gasteiger partial charge in [0, 0.05) is 12.5 Å². The normalized spacial score (nSPS) is 16.2. The molecule has 0 radical (unpaired) electrons. The predicted molar refractivity (Wildman–Crippen MR) is 51.1 cm³/mol. The maximum absolute atomic E-state index is 9.18. The Kier molecular flexibility index (Phi) is 3.73. The Labute approximate surface area is 75.9 Å². The highest BCUT2D eigenvalue weighted by Crippen LogP contribution is 2.35. The Morgan fingerprint density at radius 1 is 1.17 bits per heavy atom. The Balaban J connectivity index is 4.56. The minimum Gasteiger partial charge on any atom is -0.396 e. The minimum atomic E-state index is -0.174. The fourth-order valence-electron chi connectivity index (χ4n) is 1.93. The molecule has 0 saturated heterocycles. The summed E-state index contributed by atoms with van der Waals surface area (Å²) in [6.07, 6.45) is 0.0787. The van der Waals surface area contributed by atoms with Gasteiger partial charge in [0.25, 0.3) is 0 Å². The van der Waals surface area contributed by atoms with Crippen molar-refractivity contribution >= 4 is 0 Å². The Morgan fingerprint density at radius 2 is 1.58 bits per heavy atom. The average molecular weight is 174 g/mol. The van der Waals surface area contributed by atoms with Crippen molar-refractivity contribution in [2.75, 3.05) is 13.7 Å². The molecule has 0 spiro atoms. The Bertz CT molecular complexity index is 133. The van der Waals surface area contributed by atoms with E-state index in [0.29, 0.717) is 0 Å².